The highest BCUT2D eigenvalue weighted by Crippen LogP contribution is 2.29. The van der Waals surface area contributed by atoms with Crippen LogP contribution in [0.4, 0.5) is 17.6 Å². The van der Waals surface area contributed by atoms with Crippen molar-refractivity contribution in [2.24, 2.45) is 0 Å². The summed E-state index contributed by atoms with van der Waals surface area (Å²) in [5.74, 6) is -2.02. The van der Waals surface area contributed by atoms with Crippen molar-refractivity contribution >= 4 is 28.6 Å². The van der Waals surface area contributed by atoms with Gasteiger partial charge in [-0.1, -0.05) is 0 Å². The number of ether oxygens (including phenoxy) is 2. The Labute approximate surface area is 119 Å². The van der Waals surface area contributed by atoms with Crippen LogP contribution in [0, 0.1) is 3.57 Å². The highest BCUT2D eigenvalue weighted by Gasteiger charge is 2.35. The maximum absolute atomic E-state index is 12.5. The van der Waals surface area contributed by atoms with Gasteiger partial charge < -0.3 is 9.47 Å². The second-order valence-corrected chi connectivity index (χ2v) is 4.34. The van der Waals surface area contributed by atoms with Crippen LogP contribution in [0.25, 0.3) is 0 Å². The summed E-state index contributed by atoms with van der Waals surface area (Å²) >= 11 is 1.59. The summed E-state index contributed by atoms with van der Waals surface area (Å²) < 4.78 is 57.5. The standard InChI is InChI=1S/C10H8F4INO3/c1-2-18-9(17)7-6(15)3-5(4-11)16-8(7)19-10(12,13)14/h3H,2,4H2,1H3. The number of esters is 1. The van der Waals surface area contributed by atoms with Crippen molar-refractivity contribution in [2.75, 3.05) is 6.61 Å². The van der Waals surface area contributed by atoms with Gasteiger partial charge in [-0.15, -0.1) is 13.2 Å². The number of aromatic nitrogens is 1. The second-order valence-electron chi connectivity index (χ2n) is 3.18. The van der Waals surface area contributed by atoms with Gasteiger partial charge in [0, 0.05) is 3.57 Å². The SMILES string of the molecule is CCOC(=O)c1c(I)cc(CF)nc1OC(F)(F)F. The van der Waals surface area contributed by atoms with E-state index < -0.39 is 30.4 Å². The third-order valence-corrected chi connectivity index (χ3v) is 2.67. The first kappa shape index (κ1) is 15.9. The molecule has 0 radical (unpaired) electrons. The molecule has 0 fully saturated rings. The number of rotatable bonds is 4. The second kappa shape index (κ2) is 6.35. The summed E-state index contributed by atoms with van der Waals surface area (Å²) in [4.78, 5) is 14.9. The number of alkyl halides is 4. The summed E-state index contributed by atoms with van der Waals surface area (Å²) in [5.41, 5.74) is -0.742. The zero-order valence-electron chi connectivity index (χ0n) is 9.55. The Balaban J connectivity index is 3.29. The number of hydrogen-bond acceptors (Lipinski definition) is 4. The lowest BCUT2D eigenvalue weighted by Crippen LogP contribution is -2.21. The smallest absolute Gasteiger partial charge is 0.462 e. The monoisotopic (exact) mass is 393 g/mol. The summed E-state index contributed by atoms with van der Waals surface area (Å²) in [5, 5.41) is 0. The average molecular weight is 393 g/mol. The van der Waals surface area contributed by atoms with E-state index in [1.165, 1.54) is 6.92 Å². The number of carbonyl (C=O) groups excluding carboxylic acids is 1. The zero-order valence-corrected chi connectivity index (χ0v) is 11.7. The number of pyridine rings is 1. The lowest BCUT2D eigenvalue weighted by molar-refractivity contribution is -0.276. The molecule has 0 saturated carbocycles. The Morgan fingerprint density at radius 3 is 2.58 bits per heavy atom. The van der Waals surface area contributed by atoms with E-state index in [9.17, 15) is 22.4 Å². The maximum Gasteiger partial charge on any atom is 0.574 e. The number of hydrogen-bond donors (Lipinski definition) is 0. The fraction of sp³-hybridized carbons (Fsp3) is 0.400. The number of nitrogens with zero attached hydrogens (tertiary/aromatic N) is 1. The minimum absolute atomic E-state index is 0.0226. The highest BCUT2D eigenvalue weighted by molar-refractivity contribution is 14.1. The molecule has 0 spiro atoms. The van der Waals surface area contributed by atoms with Crippen LogP contribution in [-0.4, -0.2) is 23.9 Å². The molecule has 19 heavy (non-hydrogen) atoms. The van der Waals surface area contributed by atoms with E-state index in [-0.39, 0.29) is 15.9 Å². The molecule has 0 unspecified atom stereocenters. The first-order valence-corrected chi connectivity index (χ1v) is 6.04. The molecule has 0 saturated heterocycles. The minimum Gasteiger partial charge on any atom is -0.462 e. The summed E-state index contributed by atoms with van der Waals surface area (Å²) in [6, 6.07) is 1.15. The normalized spacial score (nSPS) is 11.3. The van der Waals surface area contributed by atoms with Crippen LogP contribution in [0.15, 0.2) is 6.07 Å². The third kappa shape index (κ3) is 4.48. The predicted molar refractivity (Wildman–Crippen MR) is 64.4 cm³/mol. The van der Waals surface area contributed by atoms with Gasteiger partial charge in [-0.2, -0.15) is 0 Å². The van der Waals surface area contributed by atoms with E-state index in [0.29, 0.717) is 0 Å². The van der Waals surface area contributed by atoms with E-state index in [1.54, 1.807) is 22.6 Å². The molecule has 0 amide bonds. The predicted octanol–water partition coefficient (Wildman–Crippen LogP) is 3.23. The van der Waals surface area contributed by atoms with E-state index in [4.69, 9.17) is 0 Å². The summed E-state index contributed by atoms with van der Waals surface area (Å²) in [7, 11) is 0. The molecule has 1 aromatic rings. The van der Waals surface area contributed by atoms with Crippen molar-refractivity contribution in [3.05, 3.63) is 20.9 Å². The Morgan fingerprint density at radius 1 is 1.47 bits per heavy atom. The molecule has 0 aromatic carbocycles. The van der Waals surface area contributed by atoms with Crippen LogP contribution in [0.1, 0.15) is 23.0 Å². The van der Waals surface area contributed by atoms with Crippen molar-refractivity contribution in [1.82, 2.24) is 4.98 Å². The van der Waals surface area contributed by atoms with Crippen LogP contribution < -0.4 is 4.74 Å². The topological polar surface area (TPSA) is 48.4 Å². The quantitative estimate of drug-likeness (QED) is 0.448. The number of carbonyl (C=O) groups is 1. The molecule has 1 heterocycles. The van der Waals surface area contributed by atoms with E-state index in [0.717, 1.165) is 6.07 Å². The van der Waals surface area contributed by atoms with Crippen molar-refractivity contribution in [1.29, 1.82) is 0 Å². The van der Waals surface area contributed by atoms with Crippen LogP contribution in [0.2, 0.25) is 0 Å². The first-order chi connectivity index (χ1) is 8.78. The average Bonchev–Trinajstić information content (AvgIpc) is 2.26. The van der Waals surface area contributed by atoms with Gasteiger partial charge in [0.25, 0.3) is 0 Å². The van der Waals surface area contributed by atoms with Gasteiger partial charge in [-0.05, 0) is 35.6 Å². The van der Waals surface area contributed by atoms with Crippen molar-refractivity contribution in [3.8, 4) is 5.88 Å². The molecule has 1 rings (SSSR count). The maximum atomic E-state index is 12.5. The van der Waals surface area contributed by atoms with Crippen LogP contribution in [-0.2, 0) is 11.4 Å². The highest BCUT2D eigenvalue weighted by atomic mass is 127. The van der Waals surface area contributed by atoms with E-state index in [1.807, 2.05) is 0 Å². The molecule has 4 nitrogen and oxygen atoms in total. The van der Waals surface area contributed by atoms with E-state index >= 15 is 0 Å². The van der Waals surface area contributed by atoms with E-state index in [2.05, 4.69) is 14.5 Å². The molecule has 0 aliphatic rings. The Kier molecular flexibility index (Phi) is 5.32. The van der Waals surface area contributed by atoms with Gasteiger partial charge >= 0.3 is 12.3 Å². The van der Waals surface area contributed by atoms with Gasteiger partial charge in [-0.3, -0.25) is 0 Å². The molecule has 0 aliphatic carbocycles. The fourth-order valence-corrected chi connectivity index (χ4v) is 1.99. The molecule has 9 heteroatoms. The molecule has 0 atom stereocenters. The van der Waals surface area contributed by atoms with Crippen molar-refractivity contribution < 1.29 is 31.8 Å². The van der Waals surface area contributed by atoms with Gasteiger partial charge in [0.1, 0.15) is 12.2 Å². The van der Waals surface area contributed by atoms with Gasteiger partial charge in [0.2, 0.25) is 5.88 Å². The molecule has 0 N–H and O–H groups in total. The Bertz CT molecular complexity index is 479. The van der Waals surface area contributed by atoms with Gasteiger partial charge in [0.05, 0.1) is 12.3 Å². The summed E-state index contributed by atoms with van der Waals surface area (Å²) in [6.45, 7) is 0.400. The lowest BCUT2D eigenvalue weighted by atomic mass is 10.2. The fourth-order valence-electron chi connectivity index (χ4n) is 1.18. The largest absolute Gasteiger partial charge is 0.574 e. The van der Waals surface area contributed by atoms with Crippen LogP contribution in [0.3, 0.4) is 0 Å². The zero-order chi connectivity index (χ0) is 14.6. The molecule has 106 valence electrons. The Hall–Kier alpha value is -1.13. The molecule has 0 aliphatic heterocycles. The van der Waals surface area contributed by atoms with Crippen molar-refractivity contribution in [3.63, 3.8) is 0 Å². The van der Waals surface area contributed by atoms with Crippen molar-refractivity contribution in [2.45, 2.75) is 20.0 Å². The lowest BCUT2D eigenvalue weighted by Gasteiger charge is -2.13. The molecule has 1 aromatic heterocycles. The van der Waals surface area contributed by atoms with Gasteiger partial charge in [-0.25, -0.2) is 14.2 Å². The van der Waals surface area contributed by atoms with Crippen LogP contribution in [0.5, 0.6) is 5.88 Å². The molecule has 0 bridgehead atoms. The minimum atomic E-state index is -5.04. The van der Waals surface area contributed by atoms with Crippen LogP contribution >= 0.6 is 22.6 Å². The third-order valence-electron chi connectivity index (χ3n) is 1.82. The molecular weight excluding hydrogens is 385 g/mol. The first-order valence-electron chi connectivity index (χ1n) is 4.96. The summed E-state index contributed by atoms with van der Waals surface area (Å²) in [6.07, 6.45) is -5.04. The Morgan fingerprint density at radius 2 is 2.11 bits per heavy atom. The van der Waals surface area contributed by atoms with Gasteiger partial charge in [0.15, 0.2) is 0 Å². The molecular formula is C10H8F4INO3. The number of halogens is 5.